The van der Waals surface area contributed by atoms with Gasteiger partial charge in [-0.1, -0.05) is 24.3 Å². The van der Waals surface area contributed by atoms with Gasteiger partial charge in [-0.15, -0.1) is 0 Å². The Labute approximate surface area is 125 Å². The fourth-order valence-electron chi connectivity index (χ4n) is 2.19. The summed E-state index contributed by atoms with van der Waals surface area (Å²) in [6.07, 6.45) is 8.00. The van der Waals surface area contributed by atoms with E-state index in [-0.39, 0.29) is 5.97 Å². The maximum absolute atomic E-state index is 11.8. The summed E-state index contributed by atoms with van der Waals surface area (Å²) in [7, 11) is 2.95. The van der Waals surface area contributed by atoms with Gasteiger partial charge in [0.2, 0.25) is 0 Å². The van der Waals surface area contributed by atoms with E-state index in [1.165, 1.54) is 7.11 Å². The number of benzene rings is 1. The smallest absolute Gasteiger partial charge is 0.315 e. The van der Waals surface area contributed by atoms with Crippen LogP contribution in [0.3, 0.4) is 0 Å². The molecule has 0 bridgehead atoms. The van der Waals surface area contributed by atoms with Crippen LogP contribution in [0.1, 0.15) is 24.3 Å². The Kier molecular flexibility index (Phi) is 5.58. The van der Waals surface area contributed by atoms with Gasteiger partial charge >= 0.3 is 5.97 Å². The highest BCUT2D eigenvalue weighted by Gasteiger charge is 2.21. The molecule has 2 rings (SSSR count). The number of hydrogen-bond acceptors (Lipinski definition) is 4. The van der Waals surface area contributed by atoms with Gasteiger partial charge in [-0.2, -0.15) is 0 Å². The topological polar surface area (TPSA) is 44.8 Å². The first-order valence-corrected chi connectivity index (χ1v) is 6.95. The fourth-order valence-corrected chi connectivity index (χ4v) is 2.19. The predicted octanol–water partition coefficient (Wildman–Crippen LogP) is 3.20. The maximum atomic E-state index is 11.8. The largest absolute Gasteiger partial charge is 0.468 e. The number of carbonyl (C=O) groups excluding carboxylic acids is 1. The molecular formula is C17H20O4. The minimum absolute atomic E-state index is 0.294. The summed E-state index contributed by atoms with van der Waals surface area (Å²) in [5.41, 5.74) is 0.855. The van der Waals surface area contributed by atoms with E-state index < -0.39 is 5.92 Å². The van der Waals surface area contributed by atoms with Crippen molar-refractivity contribution in [1.29, 1.82) is 0 Å². The first-order chi connectivity index (χ1) is 10.2. The normalized spacial score (nSPS) is 15.2. The van der Waals surface area contributed by atoms with Crippen molar-refractivity contribution in [3.8, 4) is 5.75 Å². The number of carbonyl (C=O) groups is 1. The summed E-state index contributed by atoms with van der Waals surface area (Å²) in [5.74, 6) is 1.00. The molecule has 1 aromatic carbocycles. The Hall–Kier alpha value is -2.07. The van der Waals surface area contributed by atoms with Gasteiger partial charge in [0.25, 0.3) is 0 Å². The van der Waals surface area contributed by atoms with Gasteiger partial charge in [0.05, 0.1) is 13.7 Å². The molecule has 112 valence electrons. The van der Waals surface area contributed by atoms with Crippen molar-refractivity contribution in [2.75, 3.05) is 20.8 Å². The van der Waals surface area contributed by atoms with Crippen LogP contribution >= 0.6 is 0 Å². The summed E-state index contributed by atoms with van der Waals surface area (Å²) >= 11 is 0. The lowest BCUT2D eigenvalue weighted by molar-refractivity contribution is -0.143. The second-order valence-electron chi connectivity index (χ2n) is 4.80. The van der Waals surface area contributed by atoms with Crippen molar-refractivity contribution >= 4 is 5.97 Å². The van der Waals surface area contributed by atoms with Crippen molar-refractivity contribution in [2.45, 2.75) is 18.8 Å². The minimum atomic E-state index is -0.411. The van der Waals surface area contributed by atoms with E-state index in [2.05, 4.69) is 6.08 Å². The molecule has 0 saturated heterocycles. The third kappa shape index (κ3) is 4.20. The lowest BCUT2D eigenvalue weighted by Crippen LogP contribution is -2.19. The monoisotopic (exact) mass is 288 g/mol. The number of methoxy groups -OCH3 is 2. The van der Waals surface area contributed by atoms with Gasteiger partial charge in [-0.25, -0.2) is 0 Å². The number of ether oxygens (including phenoxy) is 3. The van der Waals surface area contributed by atoms with Crippen LogP contribution in [-0.4, -0.2) is 26.8 Å². The Morgan fingerprint density at radius 1 is 1.24 bits per heavy atom. The van der Waals surface area contributed by atoms with Crippen LogP contribution < -0.4 is 4.74 Å². The van der Waals surface area contributed by atoms with E-state index in [1.54, 1.807) is 7.11 Å². The Morgan fingerprint density at radius 3 is 2.57 bits per heavy atom. The SMILES string of the molecule is COCC(C(=O)OC)c1ccc(OC2=CC=CCC2)cc1. The second-order valence-corrected chi connectivity index (χ2v) is 4.80. The first-order valence-electron chi connectivity index (χ1n) is 6.95. The molecule has 0 aromatic heterocycles. The molecule has 1 aliphatic rings. The van der Waals surface area contributed by atoms with Crippen molar-refractivity contribution in [3.05, 3.63) is 53.8 Å². The van der Waals surface area contributed by atoms with Gasteiger partial charge < -0.3 is 14.2 Å². The lowest BCUT2D eigenvalue weighted by Gasteiger charge is -2.15. The van der Waals surface area contributed by atoms with E-state index in [4.69, 9.17) is 14.2 Å². The van der Waals surface area contributed by atoms with Crippen LogP contribution in [0.15, 0.2) is 48.3 Å². The van der Waals surface area contributed by atoms with E-state index in [0.717, 1.165) is 29.9 Å². The zero-order valence-electron chi connectivity index (χ0n) is 12.4. The van der Waals surface area contributed by atoms with Crippen molar-refractivity contribution in [3.63, 3.8) is 0 Å². The average Bonchev–Trinajstić information content (AvgIpc) is 2.54. The number of esters is 1. The minimum Gasteiger partial charge on any atom is -0.468 e. The first kappa shape index (κ1) is 15.3. The molecule has 0 spiro atoms. The van der Waals surface area contributed by atoms with Crippen LogP contribution in [-0.2, 0) is 14.3 Å². The molecule has 0 radical (unpaired) electrons. The molecule has 1 aromatic rings. The van der Waals surface area contributed by atoms with Crippen LogP contribution in [0.5, 0.6) is 5.75 Å². The van der Waals surface area contributed by atoms with E-state index in [9.17, 15) is 4.79 Å². The van der Waals surface area contributed by atoms with Crippen molar-refractivity contribution in [2.24, 2.45) is 0 Å². The third-order valence-electron chi connectivity index (χ3n) is 3.33. The number of rotatable bonds is 6. The van der Waals surface area contributed by atoms with Gasteiger partial charge in [0.15, 0.2) is 0 Å². The van der Waals surface area contributed by atoms with Crippen molar-refractivity contribution in [1.82, 2.24) is 0 Å². The summed E-state index contributed by atoms with van der Waals surface area (Å²) in [4.78, 5) is 11.8. The highest BCUT2D eigenvalue weighted by Crippen LogP contribution is 2.24. The number of hydrogen-bond donors (Lipinski definition) is 0. The molecule has 0 N–H and O–H groups in total. The van der Waals surface area contributed by atoms with Crippen LogP contribution in [0.4, 0.5) is 0 Å². The number of allylic oxidation sites excluding steroid dienone is 4. The second kappa shape index (κ2) is 7.64. The summed E-state index contributed by atoms with van der Waals surface area (Å²) < 4.78 is 15.7. The van der Waals surface area contributed by atoms with Crippen LogP contribution in [0.2, 0.25) is 0 Å². The fraction of sp³-hybridized carbons (Fsp3) is 0.353. The Morgan fingerprint density at radius 2 is 2.00 bits per heavy atom. The Bertz CT molecular complexity index is 528. The van der Waals surface area contributed by atoms with E-state index >= 15 is 0 Å². The van der Waals surface area contributed by atoms with Crippen LogP contribution in [0.25, 0.3) is 0 Å². The zero-order valence-corrected chi connectivity index (χ0v) is 12.4. The average molecular weight is 288 g/mol. The molecule has 1 atom stereocenters. The summed E-state index contributed by atoms with van der Waals surface area (Å²) in [5, 5.41) is 0. The molecule has 0 aliphatic heterocycles. The quantitative estimate of drug-likeness (QED) is 0.754. The van der Waals surface area contributed by atoms with Crippen molar-refractivity contribution < 1.29 is 19.0 Å². The predicted molar refractivity (Wildman–Crippen MR) is 80.2 cm³/mol. The molecule has 0 saturated carbocycles. The van der Waals surface area contributed by atoms with Gasteiger partial charge in [-0.3, -0.25) is 4.79 Å². The summed E-state index contributed by atoms with van der Waals surface area (Å²) in [6, 6.07) is 7.46. The van der Waals surface area contributed by atoms with Gasteiger partial charge in [0.1, 0.15) is 17.4 Å². The molecule has 0 fully saturated rings. The molecule has 1 aliphatic carbocycles. The lowest BCUT2D eigenvalue weighted by atomic mass is 10.00. The highest BCUT2D eigenvalue weighted by molar-refractivity contribution is 5.78. The maximum Gasteiger partial charge on any atom is 0.315 e. The molecule has 21 heavy (non-hydrogen) atoms. The standard InChI is InChI=1S/C17H20O4/c1-19-12-16(17(18)20-2)13-8-10-15(11-9-13)21-14-6-4-3-5-7-14/h3-4,6,8-11,16H,5,7,12H2,1-2H3. The zero-order chi connectivity index (χ0) is 15.1. The molecule has 1 unspecified atom stereocenters. The van der Waals surface area contributed by atoms with E-state index in [0.29, 0.717) is 6.61 Å². The highest BCUT2D eigenvalue weighted by atomic mass is 16.5. The molecular weight excluding hydrogens is 268 g/mol. The van der Waals surface area contributed by atoms with Gasteiger partial charge in [0, 0.05) is 13.5 Å². The Balaban J connectivity index is 2.07. The molecule has 4 nitrogen and oxygen atoms in total. The van der Waals surface area contributed by atoms with Crippen LogP contribution in [0, 0.1) is 0 Å². The third-order valence-corrected chi connectivity index (χ3v) is 3.33. The summed E-state index contributed by atoms with van der Waals surface area (Å²) in [6.45, 7) is 0.294. The van der Waals surface area contributed by atoms with E-state index in [1.807, 2.05) is 36.4 Å². The molecule has 0 amide bonds. The molecule has 4 heteroatoms. The molecule has 0 heterocycles. The van der Waals surface area contributed by atoms with Gasteiger partial charge in [-0.05, 0) is 30.2 Å².